The summed E-state index contributed by atoms with van der Waals surface area (Å²) in [5.74, 6) is -0.284. The van der Waals surface area contributed by atoms with E-state index >= 15 is 0 Å². The van der Waals surface area contributed by atoms with Crippen LogP contribution in [0.4, 0.5) is 0 Å². The number of carbonyl (C=O) groups is 1. The Bertz CT molecular complexity index is 168. The minimum absolute atomic E-state index is 0.138. The van der Waals surface area contributed by atoms with Crippen molar-refractivity contribution < 1.29 is 14.6 Å². The molecule has 0 spiro atoms. The lowest BCUT2D eigenvalue weighted by Crippen LogP contribution is -2.29. The number of ether oxygens (including phenoxy) is 1. The quantitative estimate of drug-likeness (QED) is 0.731. The molecule has 0 bridgehead atoms. The van der Waals surface area contributed by atoms with E-state index in [1.807, 2.05) is 0 Å². The second kappa shape index (κ2) is 5.22. The van der Waals surface area contributed by atoms with E-state index in [1.54, 1.807) is 0 Å². The second-order valence-corrected chi connectivity index (χ2v) is 3.70. The van der Waals surface area contributed by atoms with Gasteiger partial charge in [-0.1, -0.05) is 26.2 Å². The Hall–Kier alpha value is -0.570. The zero-order chi connectivity index (χ0) is 9.68. The van der Waals surface area contributed by atoms with Crippen LogP contribution in [-0.2, 0) is 9.53 Å². The molecule has 0 aromatic rings. The summed E-state index contributed by atoms with van der Waals surface area (Å²) >= 11 is 0. The molecule has 0 saturated heterocycles. The largest absolute Gasteiger partial charge is 0.480 e. The van der Waals surface area contributed by atoms with Gasteiger partial charge in [0.25, 0.3) is 0 Å². The zero-order valence-corrected chi connectivity index (χ0v) is 8.16. The highest BCUT2D eigenvalue weighted by atomic mass is 16.5. The molecule has 0 amide bonds. The first-order chi connectivity index (χ1) is 6.24. The zero-order valence-electron chi connectivity index (χ0n) is 8.16. The van der Waals surface area contributed by atoms with Crippen LogP contribution in [0.3, 0.4) is 0 Å². The third-order valence-electron chi connectivity index (χ3n) is 2.78. The Morgan fingerprint density at radius 3 is 2.77 bits per heavy atom. The molecule has 1 N–H and O–H groups in total. The molecule has 0 aromatic heterocycles. The maximum atomic E-state index is 10.3. The summed E-state index contributed by atoms with van der Waals surface area (Å²) in [5, 5.41) is 8.48. The molecule has 3 nitrogen and oxygen atoms in total. The lowest BCUT2D eigenvalue weighted by Gasteiger charge is -2.30. The van der Waals surface area contributed by atoms with Gasteiger partial charge in [0.05, 0.1) is 6.10 Å². The van der Waals surface area contributed by atoms with E-state index in [4.69, 9.17) is 9.84 Å². The molecule has 2 atom stereocenters. The smallest absolute Gasteiger partial charge is 0.329 e. The lowest BCUT2D eigenvalue weighted by molar-refractivity contribution is -0.146. The maximum Gasteiger partial charge on any atom is 0.329 e. The van der Waals surface area contributed by atoms with E-state index in [1.165, 1.54) is 19.3 Å². The van der Waals surface area contributed by atoms with Crippen LogP contribution in [0.1, 0.15) is 39.0 Å². The monoisotopic (exact) mass is 186 g/mol. The minimum Gasteiger partial charge on any atom is -0.480 e. The van der Waals surface area contributed by atoms with Crippen molar-refractivity contribution in [3.63, 3.8) is 0 Å². The van der Waals surface area contributed by atoms with Crippen LogP contribution in [-0.4, -0.2) is 23.8 Å². The van der Waals surface area contributed by atoms with Crippen LogP contribution in [0.15, 0.2) is 0 Å². The molecule has 0 radical (unpaired) electrons. The first kappa shape index (κ1) is 10.5. The molecule has 1 rings (SSSR count). The first-order valence-corrected chi connectivity index (χ1v) is 5.07. The second-order valence-electron chi connectivity index (χ2n) is 3.70. The average molecular weight is 186 g/mol. The van der Waals surface area contributed by atoms with Gasteiger partial charge in [-0.15, -0.1) is 0 Å². The molecule has 0 unspecified atom stereocenters. The number of aliphatic carboxylic acids is 1. The normalized spacial score (nSPS) is 28.7. The van der Waals surface area contributed by atoms with Crippen LogP contribution < -0.4 is 0 Å². The van der Waals surface area contributed by atoms with Crippen LogP contribution >= 0.6 is 0 Å². The van der Waals surface area contributed by atoms with Crippen molar-refractivity contribution in [3.05, 3.63) is 0 Å². The van der Waals surface area contributed by atoms with E-state index in [9.17, 15) is 4.79 Å². The molecule has 0 heterocycles. The molecule has 0 aliphatic heterocycles. The van der Waals surface area contributed by atoms with Gasteiger partial charge in [0.1, 0.15) is 6.61 Å². The number of carboxylic acid groups (broad SMARTS) is 1. The molecule has 13 heavy (non-hydrogen) atoms. The van der Waals surface area contributed by atoms with Gasteiger partial charge in [0.2, 0.25) is 0 Å². The Kier molecular flexibility index (Phi) is 4.22. The van der Waals surface area contributed by atoms with Gasteiger partial charge >= 0.3 is 5.97 Å². The van der Waals surface area contributed by atoms with Gasteiger partial charge in [0.15, 0.2) is 0 Å². The predicted molar refractivity (Wildman–Crippen MR) is 49.6 cm³/mol. The molecular weight excluding hydrogens is 168 g/mol. The van der Waals surface area contributed by atoms with Gasteiger partial charge in [0, 0.05) is 0 Å². The third-order valence-corrected chi connectivity index (χ3v) is 2.78. The van der Waals surface area contributed by atoms with Crippen LogP contribution in [0, 0.1) is 5.92 Å². The van der Waals surface area contributed by atoms with E-state index in [0.717, 1.165) is 12.8 Å². The highest BCUT2D eigenvalue weighted by Crippen LogP contribution is 2.28. The number of rotatable bonds is 4. The number of hydrogen-bond acceptors (Lipinski definition) is 2. The van der Waals surface area contributed by atoms with Crippen LogP contribution in [0.25, 0.3) is 0 Å². The third kappa shape index (κ3) is 3.35. The predicted octanol–water partition coefficient (Wildman–Crippen LogP) is 2.06. The maximum absolute atomic E-state index is 10.3. The van der Waals surface area contributed by atoms with Gasteiger partial charge in [-0.25, -0.2) is 4.79 Å². The van der Waals surface area contributed by atoms with Crippen molar-refractivity contribution in [1.29, 1.82) is 0 Å². The topological polar surface area (TPSA) is 46.5 Å². The van der Waals surface area contributed by atoms with E-state index in [0.29, 0.717) is 5.92 Å². The highest BCUT2D eigenvalue weighted by Gasteiger charge is 2.24. The average Bonchev–Trinajstić information content (AvgIpc) is 2.15. The van der Waals surface area contributed by atoms with Gasteiger partial charge in [-0.05, 0) is 18.8 Å². The van der Waals surface area contributed by atoms with Crippen molar-refractivity contribution in [1.82, 2.24) is 0 Å². The molecule has 3 heteroatoms. The fraction of sp³-hybridized carbons (Fsp3) is 0.900. The molecule has 1 aliphatic rings. The summed E-state index contributed by atoms with van der Waals surface area (Å²) in [6.45, 7) is 2.01. The van der Waals surface area contributed by atoms with Crippen molar-refractivity contribution in [2.24, 2.45) is 5.92 Å². The van der Waals surface area contributed by atoms with Crippen molar-refractivity contribution in [3.8, 4) is 0 Å². The Morgan fingerprint density at radius 2 is 2.15 bits per heavy atom. The van der Waals surface area contributed by atoms with E-state index in [-0.39, 0.29) is 12.7 Å². The Morgan fingerprint density at radius 1 is 1.46 bits per heavy atom. The Balaban J connectivity index is 2.31. The van der Waals surface area contributed by atoms with Crippen LogP contribution in [0.2, 0.25) is 0 Å². The number of hydrogen-bond donors (Lipinski definition) is 1. The number of carboxylic acids is 1. The lowest BCUT2D eigenvalue weighted by atomic mass is 9.85. The molecule has 0 aromatic carbocycles. The van der Waals surface area contributed by atoms with Crippen molar-refractivity contribution >= 4 is 5.97 Å². The summed E-state index contributed by atoms with van der Waals surface area (Å²) in [6.07, 6.45) is 5.97. The molecule has 1 fully saturated rings. The summed E-state index contributed by atoms with van der Waals surface area (Å²) < 4.78 is 5.35. The van der Waals surface area contributed by atoms with Crippen molar-refractivity contribution in [2.45, 2.75) is 45.1 Å². The molecular formula is C10H18O3. The van der Waals surface area contributed by atoms with Gasteiger partial charge in [-0.2, -0.15) is 0 Å². The van der Waals surface area contributed by atoms with Gasteiger partial charge < -0.3 is 9.84 Å². The van der Waals surface area contributed by atoms with E-state index < -0.39 is 5.97 Å². The molecule has 1 saturated carbocycles. The summed E-state index contributed by atoms with van der Waals surface area (Å²) in [6, 6.07) is 0. The first-order valence-electron chi connectivity index (χ1n) is 5.07. The van der Waals surface area contributed by atoms with E-state index in [2.05, 4.69) is 6.92 Å². The fourth-order valence-electron chi connectivity index (χ4n) is 2.04. The summed E-state index contributed by atoms with van der Waals surface area (Å²) in [5.41, 5.74) is 0. The van der Waals surface area contributed by atoms with Crippen LogP contribution in [0.5, 0.6) is 0 Å². The Labute approximate surface area is 79.1 Å². The SMILES string of the molecule is CC[C@H]1CCCC[C@H]1OCC(=O)O. The molecule has 1 aliphatic carbocycles. The van der Waals surface area contributed by atoms with Gasteiger partial charge in [-0.3, -0.25) is 0 Å². The highest BCUT2D eigenvalue weighted by molar-refractivity contribution is 5.68. The minimum atomic E-state index is -0.861. The van der Waals surface area contributed by atoms with Crippen molar-refractivity contribution in [2.75, 3.05) is 6.61 Å². The molecule has 76 valence electrons. The summed E-state index contributed by atoms with van der Waals surface area (Å²) in [4.78, 5) is 10.3. The standard InChI is InChI=1S/C10H18O3/c1-2-8-5-3-4-6-9(8)13-7-10(11)12/h8-9H,2-7H2,1H3,(H,11,12)/t8-,9+/m0/s1. The fourth-order valence-corrected chi connectivity index (χ4v) is 2.04. The summed E-state index contributed by atoms with van der Waals surface area (Å²) in [7, 11) is 0.